The van der Waals surface area contributed by atoms with Crippen LogP contribution in [0.1, 0.15) is 5.56 Å². The number of aliphatic carboxylic acids is 1. The molecule has 32 heavy (non-hydrogen) atoms. The number of carboxylic acid groups (broad SMARTS) is 1. The number of carbonyl (C=O) groups is 1. The number of ether oxygens (including phenoxy) is 1. The summed E-state index contributed by atoms with van der Waals surface area (Å²) in [4.78, 5) is 10.8. The average Bonchev–Trinajstić information content (AvgIpc) is 2.72. The van der Waals surface area contributed by atoms with E-state index in [9.17, 15) is 22.0 Å². The first-order valence-electron chi connectivity index (χ1n) is 9.33. The minimum atomic E-state index is -3.97. The fraction of sp³-hybridized carbons (Fsp3) is 0.136. The Kier molecular flexibility index (Phi) is 6.75. The summed E-state index contributed by atoms with van der Waals surface area (Å²) in [6.45, 7) is -0.963. The van der Waals surface area contributed by atoms with Crippen molar-refractivity contribution >= 4 is 21.7 Å². The van der Waals surface area contributed by atoms with Crippen LogP contribution < -0.4 is 10.5 Å². The largest absolute Gasteiger partial charge is 0.479 e. The molecule has 0 aliphatic carbocycles. The molecule has 0 saturated heterocycles. The number of halogens is 2. The van der Waals surface area contributed by atoms with E-state index in [1.165, 1.54) is 13.1 Å². The molecular formula is C22H20F2N2O5S. The highest BCUT2D eigenvalue weighted by Gasteiger charge is 2.23. The van der Waals surface area contributed by atoms with Crippen molar-refractivity contribution in [3.63, 3.8) is 0 Å². The highest BCUT2D eigenvalue weighted by molar-refractivity contribution is 7.89. The molecule has 0 atom stereocenters. The molecule has 0 bridgehead atoms. The first-order chi connectivity index (χ1) is 15.1. The molecule has 3 N–H and O–H groups in total. The number of hydrogen-bond acceptors (Lipinski definition) is 5. The zero-order valence-electron chi connectivity index (χ0n) is 17.0. The van der Waals surface area contributed by atoms with Gasteiger partial charge in [0.25, 0.3) is 0 Å². The molecule has 0 fully saturated rings. The lowest BCUT2D eigenvalue weighted by Crippen LogP contribution is -2.26. The van der Waals surface area contributed by atoms with E-state index in [0.717, 1.165) is 34.6 Å². The standard InChI is InChI=1S/C22H20F2N2O5S/c1-26(32(29,30)18-7-5-16(23)6-8-18)12-14-9-19(15-3-2-4-17(25)11-15)22(20(24)10-14)31-13-21(27)28/h2-11H,12-13,25H2,1H3,(H,27,28). The second-order valence-electron chi connectivity index (χ2n) is 6.98. The smallest absolute Gasteiger partial charge is 0.341 e. The van der Waals surface area contributed by atoms with E-state index in [4.69, 9.17) is 15.6 Å². The van der Waals surface area contributed by atoms with Crippen molar-refractivity contribution in [3.05, 3.63) is 77.9 Å². The van der Waals surface area contributed by atoms with Crippen molar-refractivity contribution < 1.29 is 31.8 Å². The molecule has 0 heterocycles. The highest BCUT2D eigenvalue weighted by Crippen LogP contribution is 2.35. The fourth-order valence-corrected chi connectivity index (χ4v) is 4.23. The number of carboxylic acids is 1. The van der Waals surface area contributed by atoms with Crippen LogP contribution in [0, 0.1) is 11.6 Å². The number of hydrogen-bond donors (Lipinski definition) is 2. The van der Waals surface area contributed by atoms with Crippen molar-refractivity contribution in [2.45, 2.75) is 11.4 Å². The summed E-state index contributed by atoms with van der Waals surface area (Å²) in [7, 11) is -2.66. The van der Waals surface area contributed by atoms with Gasteiger partial charge in [-0.1, -0.05) is 12.1 Å². The van der Waals surface area contributed by atoms with E-state index in [1.54, 1.807) is 24.3 Å². The average molecular weight is 462 g/mol. The summed E-state index contributed by atoms with van der Waals surface area (Å²) < 4.78 is 59.8. The van der Waals surface area contributed by atoms with Crippen molar-refractivity contribution in [1.29, 1.82) is 0 Å². The topological polar surface area (TPSA) is 110 Å². The third-order valence-corrected chi connectivity index (χ3v) is 6.39. The molecule has 3 aromatic rings. The lowest BCUT2D eigenvalue weighted by molar-refractivity contribution is -0.139. The van der Waals surface area contributed by atoms with Gasteiger partial charge in [0, 0.05) is 24.8 Å². The van der Waals surface area contributed by atoms with Crippen LogP contribution in [0.15, 0.2) is 65.6 Å². The summed E-state index contributed by atoms with van der Waals surface area (Å²) >= 11 is 0. The van der Waals surface area contributed by atoms with Gasteiger partial charge in [-0.05, 0) is 59.7 Å². The zero-order valence-corrected chi connectivity index (χ0v) is 17.8. The van der Waals surface area contributed by atoms with E-state index in [1.807, 2.05) is 0 Å². The monoisotopic (exact) mass is 462 g/mol. The Balaban J connectivity index is 2.00. The molecular weight excluding hydrogens is 442 g/mol. The predicted molar refractivity (Wildman–Crippen MR) is 114 cm³/mol. The van der Waals surface area contributed by atoms with Crippen molar-refractivity contribution in [2.75, 3.05) is 19.4 Å². The molecule has 0 amide bonds. The Labute approximate surface area is 183 Å². The third-order valence-electron chi connectivity index (χ3n) is 4.57. The molecule has 10 heteroatoms. The summed E-state index contributed by atoms with van der Waals surface area (Å²) in [6, 6.07) is 13.4. The minimum Gasteiger partial charge on any atom is -0.479 e. The molecule has 0 spiro atoms. The molecule has 0 aromatic heterocycles. The second kappa shape index (κ2) is 9.33. The number of nitrogens with zero attached hydrogens (tertiary/aromatic N) is 1. The Morgan fingerprint density at radius 1 is 1.09 bits per heavy atom. The Bertz CT molecular complexity index is 1250. The van der Waals surface area contributed by atoms with E-state index in [-0.39, 0.29) is 28.3 Å². The second-order valence-corrected chi connectivity index (χ2v) is 9.02. The summed E-state index contributed by atoms with van der Waals surface area (Å²) in [5, 5.41) is 8.90. The van der Waals surface area contributed by atoms with Gasteiger partial charge < -0.3 is 15.6 Å². The summed E-state index contributed by atoms with van der Waals surface area (Å²) in [5.41, 5.74) is 7.19. The number of anilines is 1. The number of rotatable bonds is 8. The summed E-state index contributed by atoms with van der Waals surface area (Å²) in [5.74, 6) is -2.99. The highest BCUT2D eigenvalue weighted by atomic mass is 32.2. The van der Waals surface area contributed by atoms with Crippen LogP contribution in [-0.2, 0) is 21.4 Å². The van der Waals surface area contributed by atoms with Gasteiger partial charge in [0.05, 0.1) is 4.90 Å². The number of benzene rings is 3. The zero-order chi connectivity index (χ0) is 23.5. The SMILES string of the molecule is CN(Cc1cc(F)c(OCC(=O)O)c(-c2cccc(N)c2)c1)S(=O)(=O)c1ccc(F)cc1. The minimum absolute atomic E-state index is 0.112. The van der Waals surface area contributed by atoms with Crippen LogP contribution in [0.25, 0.3) is 11.1 Å². The van der Waals surface area contributed by atoms with E-state index < -0.39 is 34.2 Å². The number of nitrogen functional groups attached to an aromatic ring is 1. The molecule has 168 valence electrons. The normalized spacial score (nSPS) is 11.5. The van der Waals surface area contributed by atoms with Crippen LogP contribution >= 0.6 is 0 Å². The lowest BCUT2D eigenvalue weighted by Gasteiger charge is -2.19. The van der Waals surface area contributed by atoms with Crippen molar-refractivity contribution in [3.8, 4) is 16.9 Å². The maximum absolute atomic E-state index is 14.9. The van der Waals surface area contributed by atoms with E-state index in [0.29, 0.717) is 11.3 Å². The first kappa shape index (κ1) is 23.2. The van der Waals surface area contributed by atoms with Gasteiger partial charge in [0.15, 0.2) is 18.2 Å². The van der Waals surface area contributed by atoms with Gasteiger partial charge in [0.2, 0.25) is 10.0 Å². The van der Waals surface area contributed by atoms with Crippen LogP contribution in [0.5, 0.6) is 5.75 Å². The molecule has 3 aromatic carbocycles. The number of sulfonamides is 1. The van der Waals surface area contributed by atoms with Gasteiger partial charge in [-0.2, -0.15) is 4.31 Å². The van der Waals surface area contributed by atoms with Gasteiger partial charge in [0.1, 0.15) is 5.82 Å². The molecule has 0 unspecified atom stereocenters. The Hall–Kier alpha value is -3.50. The maximum Gasteiger partial charge on any atom is 0.341 e. The molecule has 0 aliphatic heterocycles. The van der Waals surface area contributed by atoms with Crippen LogP contribution in [0.2, 0.25) is 0 Å². The number of nitrogens with two attached hydrogens (primary N) is 1. The van der Waals surface area contributed by atoms with Gasteiger partial charge in [-0.3, -0.25) is 0 Å². The Morgan fingerprint density at radius 3 is 2.41 bits per heavy atom. The van der Waals surface area contributed by atoms with Gasteiger partial charge in [-0.15, -0.1) is 0 Å². The van der Waals surface area contributed by atoms with Crippen molar-refractivity contribution in [1.82, 2.24) is 4.31 Å². The first-order valence-corrected chi connectivity index (χ1v) is 10.8. The van der Waals surface area contributed by atoms with Crippen molar-refractivity contribution in [2.24, 2.45) is 0 Å². The van der Waals surface area contributed by atoms with Gasteiger partial charge >= 0.3 is 5.97 Å². The summed E-state index contributed by atoms with van der Waals surface area (Å²) in [6.07, 6.45) is 0. The van der Waals surface area contributed by atoms with Crippen LogP contribution in [0.4, 0.5) is 14.5 Å². The predicted octanol–water partition coefficient (Wildman–Crippen LogP) is 3.50. The molecule has 7 nitrogen and oxygen atoms in total. The van der Waals surface area contributed by atoms with Gasteiger partial charge in [-0.25, -0.2) is 22.0 Å². The Morgan fingerprint density at radius 2 is 1.78 bits per heavy atom. The fourth-order valence-electron chi connectivity index (χ4n) is 3.07. The molecule has 0 saturated carbocycles. The van der Waals surface area contributed by atoms with Crippen LogP contribution in [-0.4, -0.2) is 37.5 Å². The molecule has 0 aliphatic rings. The van der Waals surface area contributed by atoms with E-state index >= 15 is 0 Å². The lowest BCUT2D eigenvalue weighted by atomic mass is 10.0. The van der Waals surface area contributed by atoms with E-state index in [2.05, 4.69) is 0 Å². The molecule has 0 radical (unpaired) electrons. The quantitative estimate of drug-likeness (QED) is 0.496. The maximum atomic E-state index is 14.9. The van der Waals surface area contributed by atoms with Crippen LogP contribution in [0.3, 0.4) is 0 Å². The molecule has 3 rings (SSSR count). The third kappa shape index (κ3) is 5.21.